The summed E-state index contributed by atoms with van der Waals surface area (Å²) in [4.78, 5) is 10.9. The number of hydrogen-bond acceptors (Lipinski definition) is 7. The summed E-state index contributed by atoms with van der Waals surface area (Å²) in [7, 11) is 1.78. The predicted octanol–water partition coefficient (Wildman–Crippen LogP) is 3.50. The monoisotopic (exact) mass is 444 g/mol. The molecular weight excluding hydrogens is 411 g/mol. The Bertz CT molecular complexity index is 884. The average Bonchev–Trinajstić information content (AvgIpc) is 2.82. The van der Waals surface area contributed by atoms with Crippen LogP contribution < -0.4 is 14.8 Å². The second-order valence-corrected chi connectivity index (χ2v) is 8.57. The minimum atomic E-state index is -0.389. The first-order valence-electron chi connectivity index (χ1n) is 11.5. The van der Waals surface area contributed by atoms with Crippen molar-refractivity contribution in [1.29, 1.82) is 0 Å². The lowest BCUT2D eigenvalue weighted by Gasteiger charge is -2.31. The number of nitrogens with one attached hydrogen (secondary N) is 1. The van der Waals surface area contributed by atoms with Crippen LogP contribution in [0, 0.1) is 12.7 Å². The summed E-state index contributed by atoms with van der Waals surface area (Å²) in [5, 5.41) is 3.31. The van der Waals surface area contributed by atoms with E-state index < -0.39 is 0 Å². The fourth-order valence-corrected chi connectivity index (χ4v) is 4.25. The lowest BCUT2D eigenvalue weighted by atomic mass is 10.1. The van der Waals surface area contributed by atoms with Gasteiger partial charge in [-0.05, 0) is 69.8 Å². The van der Waals surface area contributed by atoms with E-state index in [0.717, 1.165) is 70.4 Å². The van der Waals surface area contributed by atoms with Gasteiger partial charge >= 0.3 is 0 Å². The molecule has 3 heterocycles. The Morgan fingerprint density at radius 2 is 1.81 bits per heavy atom. The molecule has 1 aromatic heterocycles. The topological polar surface area (TPSA) is 68.7 Å². The number of nitrogens with zero attached hydrogens (tertiary/aromatic N) is 3. The molecule has 7 nitrogen and oxygen atoms in total. The third-order valence-electron chi connectivity index (χ3n) is 6.34. The number of ether oxygens (including phenoxy) is 3. The lowest BCUT2D eigenvalue weighted by Crippen LogP contribution is -2.37. The van der Waals surface area contributed by atoms with Crippen molar-refractivity contribution in [1.82, 2.24) is 20.2 Å². The molecule has 1 N–H and O–H groups in total. The zero-order chi connectivity index (χ0) is 22.3. The van der Waals surface area contributed by atoms with Crippen molar-refractivity contribution in [2.75, 3.05) is 39.8 Å². The zero-order valence-corrected chi connectivity index (χ0v) is 19.0. The van der Waals surface area contributed by atoms with E-state index in [9.17, 15) is 4.39 Å². The Morgan fingerprint density at radius 3 is 2.53 bits per heavy atom. The van der Waals surface area contributed by atoms with Crippen molar-refractivity contribution in [2.24, 2.45) is 0 Å². The second-order valence-electron chi connectivity index (χ2n) is 8.57. The molecule has 0 saturated carbocycles. The summed E-state index contributed by atoms with van der Waals surface area (Å²) >= 11 is 0. The standard InChI is InChI=1S/C24H33FN4O3/c1-17-23(31-20-5-10-26-11-6-20)27-16-28-24(17)32-22-4-3-18(15-21(22)25)7-12-29-13-8-19(30-2)9-14-29/h3-4,15-16,19-20,26H,5-14H2,1-2H3. The molecule has 8 heteroatoms. The van der Waals surface area contributed by atoms with Gasteiger partial charge in [-0.2, -0.15) is 0 Å². The molecule has 0 amide bonds. The summed E-state index contributed by atoms with van der Waals surface area (Å²) < 4.78 is 32.0. The molecule has 1 aromatic carbocycles. The molecule has 174 valence electrons. The van der Waals surface area contributed by atoms with Gasteiger partial charge in [-0.15, -0.1) is 0 Å². The summed E-state index contributed by atoms with van der Waals surface area (Å²) in [6, 6.07) is 5.15. The van der Waals surface area contributed by atoms with Gasteiger partial charge in [-0.3, -0.25) is 0 Å². The number of piperidine rings is 2. The van der Waals surface area contributed by atoms with E-state index >= 15 is 0 Å². The molecule has 2 aliphatic heterocycles. The van der Waals surface area contributed by atoms with Crippen molar-refractivity contribution < 1.29 is 18.6 Å². The minimum absolute atomic E-state index is 0.119. The van der Waals surface area contributed by atoms with Crippen LogP contribution in [0.5, 0.6) is 17.5 Å². The highest BCUT2D eigenvalue weighted by Gasteiger charge is 2.20. The van der Waals surface area contributed by atoms with Crippen LogP contribution in [-0.4, -0.2) is 66.9 Å². The van der Waals surface area contributed by atoms with Gasteiger partial charge < -0.3 is 24.4 Å². The van der Waals surface area contributed by atoms with Crippen LogP contribution >= 0.6 is 0 Å². The Morgan fingerprint density at radius 1 is 1.06 bits per heavy atom. The lowest BCUT2D eigenvalue weighted by molar-refractivity contribution is 0.0415. The number of likely N-dealkylation sites (tertiary alicyclic amines) is 1. The average molecular weight is 445 g/mol. The molecule has 0 atom stereocenters. The van der Waals surface area contributed by atoms with E-state index in [1.807, 2.05) is 13.0 Å². The number of halogens is 1. The molecule has 0 bridgehead atoms. The highest BCUT2D eigenvalue weighted by molar-refractivity contribution is 5.38. The van der Waals surface area contributed by atoms with Crippen LogP contribution in [0.15, 0.2) is 24.5 Å². The predicted molar refractivity (Wildman–Crippen MR) is 120 cm³/mol. The van der Waals surface area contributed by atoms with Crippen molar-refractivity contribution in [3.63, 3.8) is 0 Å². The maximum atomic E-state index is 14.8. The molecule has 0 aliphatic carbocycles. The van der Waals surface area contributed by atoms with E-state index in [-0.39, 0.29) is 17.7 Å². The number of rotatable bonds is 8. The maximum Gasteiger partial charge on any atom is 0.229 e. The normalized spacial score (nSPS) is 18.6. The molecule has 2 aliphatic rings. The molecule has 0 spiro atoms. The zero-order valence-electron chi connectivity index (χ0n) is 19.0. The largest absolute Gasteiger partial charge is 0.474 e. The van der Waals surface area contributed by atoms with E-state index in [2.05, 4.69) is 20.2 Å². The van der Waals surface area contributed by atoms with Crippen molar-refractivity contribution in [3.05, 3.63) is 41.5 Å². The van der Waals surface area contributed by atoms with Crippen LogP contribution in [0.25, 0.3) is 0 Å². The SMILES string of the molecule is COC1CCN(CCc2ccc(Oc3ncnc(OC4CCNCC4)c3C)c(F)c2)CC1. The van der Waals surface area contributed by atoms with Gasteiger partial charge in [-0.1, -0.05) is 6.07 Å². The fourth-order valence-electron chi connectivity index (χ4n) is 4.25. The molecule has 0 unspecified atom stereocenters. The number of aromatic nitrogens is 2. The van der Waals surface area contributed by atoms with Crippen LogP contribution in [0.3, 0.4) is 0 Å². The Kier molecular flexibility index (Phi) is 7.89. The van der Waals surface area contributed by atoms with Crippen LogP contribution in [0.4, 0.5) is 4.39 Å². The first-order chi connectivity index (χ1) is 15.6. The van der Waals surface area contributed by atoms with Gasteiger partial charge in [0, 0.05) is 26.7 Å². The maximum absolute atomic E-state index is 14.8. The van der Waals surface area contributed by atoms with Gasteiger partial charge in [-0.25, -0.2) is 14.4 Å². The molecule has 2 fully saturated rings. The molecule has 0 radical (unpaired) electrons. The van der Waals surface area contributed by atoms with Gasteiger partial charge in [0.15, 0.2) is 11.6 Å². The molecule has 2 saturated heterocycles. The summed E-state index contributed by atoms with van der Waals surface area (Å²) in [5.74, 6) is 0.580. The minimum Gasteiger partial charge on any atom is -0.474 e. The molecule has 32 heavy (non-hydrogen) atoms. The Labute approximate surface area is 189 Å². The third kappa shape index (κ3) is 5.94. The quantitative estimate of drug-likeness (QED) is 0.668. The number of benzene rings is 1. The number of methoxy groups -OCH3 is 1. The Hall–Kier alpha value is -2.29. The van der Waals surface area contributed by atoms with Crippen molar-refractivity contribution >= 4 is 0 Å². The smallest absolute Gasteiger partial charge is 0.229 e. The highest BCUT2D eigenvalue weighted by atomic mass is 19.1. The number of hydrogen-bond donors (Lipinski definition) is 1. The fraction of sp³-hybridized carbons (Fsp3) is 0.583. The second kappa shape index (κ2) is 11.0. The summed E-state index contributed by atoms with van der Waals surface area (Å²) in [6.45, 7) is 6.67. The van der Waals surface area contributed by atoms with Crippen LogP contribution in [-0.2, 0) is 11.2 Å². The first-order valence-corrected chi connectivity index (χ1v) is 11.5. The molecule has 4 rings (SSSR count). The third-order valence-corrected chi connectivity index (χ3v) is 6.34. The highest BCUT2D eigenvalue weighted by Crippen LogP contribution is 2.30. The first kappa shape index (κ1) is 22.9. The molecular formula is C24H33FN4O3. The summed E-state index contributed by atoms with van der Waals surface area (Å²) in [5.41, 5.74) is 1.63. The van der Waals surface area contributed by atoms with Gasteiger partial charge in [0.25, 0.3) is 0 Å². The van der Waals surface area contributed by atoms with E-state index in [1.165, 1.54) is 6.33 Å². The van der Waals surface area contributed by atoms with Gasteiger partial charge in [0.05, 0.1) is 11.7 Å². The van der Waals surface area contributed by atoms with Crippen molar-refractivity contribution in [3.8, 4) is 17.5 Å². The van der Waals surface area contributed by atoms with Crippen LogP contribution in [0.2, 0.25) is 0 Å². The Balaban J connectivity index is 1.35. The summed E-state index contributed by atoms with van der Waals surface area (Å²) in [6.07, 6.45) is 6.66. The van der Waals surface area contributed by atoms with Crippen LogP contribution in [0.1, 0.15) is 36.8 Å². The van der Waals surface area contributed by atoms with Gasteiger partial charge in [0.2, 0.25) is 11.8 Å². The molecule has 2 aromatic rings. The van der Waals surface area contributed by atoms with E-state index in [1.54, 1.807) is 19.2 Å². The van der Waals surface area contributed by atoms with E-state index in [0.29, 0.717) is 23.4 Å². The van der Waals surface area contributed by atoms with Gasteiger partial charge in [0.1, 0.15) is 12.4 Å². The van der Waals surface area contributed by atoms with E-state index in [4.69, 9.17) is 14.2 Å². The van der Waals surface area contributed by atoms with Crippen molar-refractivity contribution in [2.45, 2.75) is 51.2 Å².